The molecule has 0 aliphatic heterocycles. The maximum Gasteiger partial charge on any atom is 0.197 e. The van der Waals surface area contributed by atoms with Gasteiger partial charge in [-0.05, 0) is 55.5 Å². The lowest BCUT2D eigenvalue weighted by Crippen LogP contribution is -2.17. The molecule has 0 bridgehead atoms. The highest BCUT2D eigenvalue weighted by molar-refractivity contribution is 14.1. The van der Waals surface area contributed by atoms with Crippen molar-refractivity contribution in [1.29, 1.82) is 0 Å². The van der Waals surface area contributed by atoms with Gasteiger partial charge in [0.2, 0.25) is 0 Å². The van der Waals surface area contributed by atoms with Gasteiger partial charge in [-0.25, -0.2) is 0 Å². The summed E-state index contributed by atoms with van der Waals surface area (Å²) >= 11 is 2.12. The second kappa shape index (κ2) is 7.58. The first-order chi connectivity index (χ1) is 8.62. The van der Waals surface area contributed by atoms with Gasteiger partial charge in [-0.1, -0.05) is 0 Å². The van der Waals surface area contributed by atoms with Gasteiger partial charge in [-0.3, -0.25) is 4.79 Å². The number of benzene rings is 1. The Kier molecular flexibility index (Phi) is 6.42. The van der Waals surface area contributed by atoms with E-state index in [2.05, 4.69) is 22.6 Å². The first kappa shape index (κ1) is 15.2. The van der Waals surface area contributed by atoms with Crippen LogP contribution >= 0.6 is 22.6 Å². The van der Waals surface area contributed by atoms with Gasteiger partial charge in [-0.15, -0.1) is 0 Å². The third-order valence-electron chi connectivity index (χ3n) is 2.15. The van der Waals surface area contributed by atoms with Crippen LogP contribution in [-0.4, -0.2) is 25.8 Å². The van der Waals surface area contributed by atoms with Crippen molar-refractivity contribution >= 4 is 28.9 Å². The van der Waals surface area contributed by atoms with E-state index >= 15 is 0 Å². The smallest absolute Gasteiger partial charge is 0.197 e. The second-order valence-corrected chi connectivity index (χ2v) is 4.68. The zero-order valence-corrected chi connectivity index (χ0v) is 12.9. The molecule has 0 aliphatic rings. The molecule has 0 saturated carbocycles. The van der Waals surface area contributed by atoms with E-state index in [0.29, 0.717) is 30.3 Å². The number of hydrogen-bond donors (Lipinski definition) is 0. The molecule has 0 saturated heterocycles. The quantitative estimate of drug-likeness (QED) is 0.423. The molecule has 1 aromatic rings. The minimum Gasteiger partial charge on any atom is -0.490 e. The minimum atomic E-state index is -0.357. The highest BCUT2D eigenvalue weighted by atomic mass is 127. The van der Waals surface area contributed by atoms with E-state index in [9.17, 15) is 4.79 Å². The van der Waals surface area contributed by atoms with Crippen LogP contribution in [0, 0.1) is 3.57 Å². The highest BCUT2D eigenvalue weighted by Crippen LogP contribution is 2.34. The van der Waals surface area contributed by atoms with E-state index in [1.807, 2.05) is 20.8 Å². The normalized spacial score (nSPS) is 12.0. The highest BCUT2D eigenvalue weighted by Gasteiger charge is 2.15. The topological polar surface area (TPSA) is 44.8 Å². The van der Waals surface area contributed by atoms with Crippen LogP contribution in [-0.2, 0) is 4.74 Å². The number of rotatable bonds is 7. The molecule has 100 valence electrons. The summed E-state index contributed by atoms with van der Waals surface area (Å²) in [7, 11) is 0. The van der Waals surface area contributed by atoms with E-state index in [-0.39, 0.29) is 6.29 Å². The summed E-state index contributed by atoms with van der Waals surface area (Å²) in [5, 5.41) is 0. The van der Waals surface area contributed by atoms with Gasteiger partial charge in [0.15, 0.2) is 17.8 Å². The van der Waals surface area contributed by atoms with E-state index in [0.717, 1.165) is 9.86 Å². The van der Waals surface area contributed by atoms with Crippen LogP contribution in [0.5, 0.6) is 11.5 Å². The van der Waals surface area contributed by atoms with Crippen molar-refractivity contribution in [3.63, 3.8) is 0 Å². The maximum atomic E-state index is 10.8. The fourth-order valence-electron chi connectivity index (χ4n) is 1.47. The standard InChI is InChI=1S/C13H17IO4/c1-4-16-9(3)18-13-11(14)6-10(8-15)7-12(13)17-5-2/h6-9H,4-5H2,1-3H3. The monoisotopic (exact) mass is 364 g/mol. The summed E-state index contributed by atoms with van der Waals surface area (Å²) in [5.74, 6) is 1.18. The van der Waals surface area contributed by atoms with Gasteiger partial charge in [0, 0.05) is 12.2 Å². The molecule has 0 heterocycles. The first-order valence-electron chi connectivity index (χ1n) is 5.82. The third kappa shape index (κ3) is 4.13. The van der Waals surface area contributed by atoms with E-state index in [1.165, 1.54) is 0 Å². The van der Waals surface area contributed by atoms with Gasteiger partial charge >= 0.3 is 0 Å². The van der Waals surface area contributed by atoms with Crippen LogP contribution in [0.15, 0.2) is 12.1 Å². The fraction of sp³-hybridized carbons (Fsp3) is 0.462. The van der Waals surface area contributed by atoms with Gasteiger partial charge in [0.25, 0.3) is 0 Å². The largest absolute Gasteiger partial charge is 0.490 e. The molecular formula is C13H17IO4. The number of carbonyl (C=O) groups is 1. The predicted octanol–water partition coefficient (Wildman–Crippen LogP) is 3.26. The van der Waals surface area contributed by atoms with E-state index in [1.54, 1.807) is 12.1 Å². The Morgan fingerprint density at radius 1 is 1.33 bits per heavy atom. The zero-order valence-electron chi connectivity index (χ0n) is 10.7. The number of halogens is 1. The van der Waals surface area contributed by atoms with Gasteiger partial charge in [0.05, 0.1) is 10.2 Å². The van der Waals surface area contributed by atoms with Crippen LogP contribution in [0.2, 0.25) is 0 Å². The molecule has 0 amide bonds. The van der Waals surface area contributed by atoms with Crippen molar-refractivity contribution < 1.29 is 19.0 Å². The minimum absolute atomic E-state index is 0.357. The van der Waals surface area contributed by atoms with Crippen molar-refractivity contribution in [3.8, 4) is 11.5 Å². The number of carbonyl (C=O) groups excluding carboxylic acids is 1. The summed E-state index contributed by atoms with van der Waals surface area (Å²) in [6, 6.07) is 3.43. The average molecular weight is 364 g/mol. The predicted molar refractivity (Wildman–Crippen MR) is 77.4 cm³/mol. The fourth-order valence-corrected chi connectivity index (χ4v) is 2.22. The van der Waals surface area contributed by atoms with Crippen LogP contribution in [0.4, 0.5) is 0 Å². The maximum absolute atomic E-state index is 10.8. The molecule has 5 heteroatoms. The summed E-state index contributed by atoms with van der Waals surface area (Å²) in [5.41, 5.74) is 0.569. The molecular weight excluding hydrogens is 347 g/mol. The first-order valence-corrected chi connectivity index (χ1v) is 6.90. The second-order valence-electron chi connectivity index (χ2n) is 3.52. The van der Waals surface area contributed by atoms with Crippen molar-refractivity contribution in [2.75, 3.05) is 13.2 Å². The molecule has 0 aliphatic carbocycles. The van der Waals surface area contributed by atoms with Crippen molar-refractivity contribution in [3.05, 3.63) is 21.3 Å². The van der Waals surface area contributed by atoms with Gasteiger partial charge < -0.3 is 14.2 Å². The summed E-state index contributed by atoms with van der Waals surface area (Å²) in [6.45, 7) is 6.70. The van der Waals surface area contributed by atoms with Crippen molar-refractivity contribution in [1.82, 2.24) is 0 Å². The molecule has 1 atom stereocenters. The van der Waals surface area contributed by atoms with Crippen LogP contribution < -0.4 is 9.47 Å². The van der Waals surface area contributed by atoms with Gasteiger partial charge in [-0.2, -0.15) is 0 Å². The number of ether oxygens (including phenoxy) is 3. The molecule has 1 unspecified atom stereocenters. The Morgan fingerprint density at radius 2 is 2.06 bits per heavy atom. The lowest BCUT2D eigenvalue weighted by atomic mass is 10.2. The lowest BCUT2D eigenvalue weighted by molar-refractivity contribution is -0.0629. The molecule has 0 N–H and O–H groups in total. The Bertz CT molecular complexity index is 406. The third-order valence-corrected chi connectivity index (χ3v) is 2.95. The van der Waals surface area contributed by atoms with Gasteiger partial charge in [0.1, 0.15) is 6.29 Å². The summed E-state index contributed by atoms with van der Waals surface area (Å²) in [4.78, 5) is 10.8. The molecule has 0 radical (unpaired) electrons. The Balaban J connectivity index is 3.03. The SMILES string of the molecule is CCOc1cc(C=O)cc(I)c1OC(C)OCC. The Morgan fingerprint density at radius 3 is 2.61 bits per heavy atom. The molecule has 0 aromatic heterocycles. The number of aldehydes is 1. The van der Waals surface area contributed by atoms with Crippen molar-refractivity contribution in [2.24, 2.45) is 0 Å². The average Bonchev–Trinajstić information content (AvgIpc) is 2.33. The Hall–Kier alpha value is -0.820. The summed E-state index contributed by atoms with van der Waals surface area (Å²) in [6.07, 6.45) is 0.435. The molecule has 0 spiro atoms. The Labute approximate surface area is 121 Å². The molecule has 1 rings (SSSR count). The molecule has 0 fully saturated rings. The molecule has 18 heavy (non-hydrogen) atoms. The van der Waals surface area contributed by atoms with Crippen LogP contribution in [0.3, 0.4) is 0 Å². The number of hydrogen-bond acceptors (Lipinski definition) is 4. The van der Waals surface area contributed by atoms with Crippen LogP contribution in [0.25, 0.3) is 0 Å². The van der Waals surface area contributed by atoms with Crippen molar-refractivity contribution in [2.45, 2.75) is 27.1 Å². The van der Waals surface area contributed by atoms with E-state index < -0.39 is 0 Å². The van der Waals surface area contributed by atoms with Crippen LogP contribution in [0.1, 0.15) is 31.1 Å². The molecule has 1 aromatic carbocycles. The summed E-state index contributed by atoms with van der Waals surface area (Å²) < 4.78 is 17.4. The zero-order chi connectivity index (χ0) is 13.5. The van der Waals surface area contributed by atoms with E-state index in [4.69, 9.17) is 14.2 Å². The lowest BCUT2D eigenvalue weighted by Gasteiger charge is -2.18. The molecule has 4 nitrogen and oxygen atoms in total.